The largest absolute Gasteiger partial charge is 0.496 e. The van der Waals surface area contributed by atoms with Crippen molar-refractivity contribution in [2.24, 2.45) is 0 Å². The van der Waals surface area contributed by atoms with Crippen molar-refractivity contribution in [1.29, 1.82) is 0 Å². The van der Waals surface area contributed by atoms with E-state index in [1.54, 1.807) is 19.1 Å². The number of aromatic nitrogens is 2. The molecule has 25 heavy (non-hydrogen) atoms. The summed E-state index contributed by atoms with van der Waals surface area (Å²) in [6, 6.07) is 5.95. The van der Waals surface area contributed by atoms with Crippen LogP contribution in [0.25, 0.3) is 0 Å². The molecule has 2 aromatic rings. The molecule has 1 aliphatic rings. The van der Waals surface area contributed by atoms with Crippen molar-refractivity contribution in [3.8, 4) is 5.75 Å². The minimum atomic E-state index is -0.0766. The Morgan fingerprint density at radius 3 is 2.88 bits per heavy atom. The van der Waals surface area contributed by atoms with Gasteiger partial charge in [-0.15, -0.1) is 0 Å². The first kappa shape index (κ1) is 17.5. The molecule has 2 heterocycles. The van der Waals surface area contributed by atoms with Gasteiger partial charge in [0.1, 0.15) is 5.75 Å². The first-order valence-corrected chi connectivity index (χ1v) is 8.52. The summed E-state index contributed by atoms with van der Waals surface area (Å²) in [5.74, 6) is 0.773. The average molecular weight is 343 g/mol. The van der Waals surface area contributed by atoms with Crippen LogP contribution >= 0.6 is 0 Å². The Bertz CT molecular complexity index is 784. The van der Waals surface area contributed by atoms with Crippen LogP contribution in [0.4, 0.5) is 0 Å². The SMILES string of the molecule is COc1ccc(CN(C)C(=O)c2n[nH]c3c2C[C@H](C)O[C@@H]3C)cc1C. The van der Waals surface area contributed by atoms with Gasteiger partial charge in [0, 0.05) is 25.6 Å². The Labute approximate surface area is 148 Å². The molecular formula is C19H25N3O3. The first-order valence-electron chi connectivity index (χ1n) is 8.52. The van der Waals surface area contributed by atoms with E-state index >= 15 is 0 Å². The van der Waals surface area contributed by atoms with E-state index < -0.39 is 0 Å². The number of nitrogens with one attached hydrogen (secondary N) is 1. The Balaban J connectivity index is 1.78. The third-order valence-corrected chi connectivity index (χ3v) is 4.66. The number of nitrogens with zero attached hydrogens (tertiary/aromatic N) is 2. The van der Waals surface area contributed by atoms with Crippen molar-refractivity contribution in [2.45, 2.75) is 45.9 Å². The van der Waals surface area contributed by atoms with Gasteiger partial charge in [-0.05, 0) is 38.0 Å². The molecule has 1 N–H and O–H groups in total. The van der Waals surface area contributed by atoms with Crippen molar-refractivity contribution in [3.05, 3.63) is 46.3 Å². The van der Waals surface area contributed by atoms with Crippen LogP contribution in [0.15, 0.2) is 18.2 Å². The quantitative estimate of drug-likeness (QED) is 0.927. The second-order valence-corrected chi connectivity index (χ2v) is 6.72. The third kappa shape index (κ3) is 3.39. The highest BCUT2D eigenvalue weighted by molar-refractivity contribution is 5.94. The predicted octanol–water partition coefficient (Wildman–Crippen LogP) is 3.02. The number of carbonyl (C=O) groups is 1. The number of carbonyl (C=O) groups excluding carboxylic acids is 1. The fourth-order valence-electron chi connectivity index (χ4n) is 3.42. The van der Waals surface area contributed by atoms with E-state index in [0.29, 0.717) is 18.7 Å². The lowest BCUT2D eigenvalue weighted by atomic mass is 9.99. The molecular weight excluding hydrogens is 318 g/mol. The fraction of sp³-hybridized carbons (Fsp3) is 0.474. The van der Waals surface area contributed by atoms with Gasteiger partial charge >= 0.3 is 0 Å². The standard InChI is InChI=1S/C19H25N3O3/c1-11-8-14(6-7-16(11)24-5)10-22(4)19(23)18-15-9-12(2)25-13(3)17(15)20-21-18/h6-8,12-13H,9-10H2,1-5H3,(H,20,21)/t12-,13+/m0/s1. The van der Waals surface area contributed by atoms with E-state index in [-0.39, 0.29) is 18.1 Å². The van der Waals surface area contributed by atoms with Crippen LogP contribution in [0, 0.1) is 6.92 Å². The van der Waals surface area contributed by atoms with Gasteiger partial charge in [-0.3, -0.25) is 9.89 Å². The van der Waals surface area contributed by atoms with Gasteiger partial charge < -0.3 is 14.4 Å². The molecule has 0 unspecified atom stereocenters. The monoisotopic (exact) mass is 343 g/mol. The van der Waals surface area contributed by atoms with E-state index in [1.807, 2.05) is 39.0 Å². The van der Waals surface area contributed by atoms with E-state index in [0.717, 1.165) is 28.1 Å². The Morgan fingerprint density at radius 2 is 2.20 bits per heavy atom. The number of ether oxygens (including phenoxy) is 2. The Kier molecular flexibility index (Phi) is 4.81. The number of benzene rings is 1. The molecule has 0 bridgehead atoms. The van der Waals surface area contributed by atoms with Crippen LogP contribution in [-0.2, 0) is 17.7 Å². The van der Waals surface area contributed by atoms with Crippen LogP contribution in [0.3, 0.4) is 0 Å². The normalized spacial score (nSPS) is 19.4. The Hall–Kier alpha value is -2.34. The molecule has 2 atom stereocenters. The second-order valence-electron chi connectivity index (χ2n) is 6.72. The summed E-state index contributed by atoms with van der Waals surface area (Å²) >= 11 is 0. The number of aryl methyl sites for hydroxylation is 1. The average Bonchev–Trinajstić information content (AvgIpc) is 2.98. The molecule has 0 fully saturated rings. The lowest BCUT2D eigenvalue weighted by molar-refractivity contribution is -0.00701. The van der Waals surface area contributed by atoms with Gasteiger partial charge in [-0.1, -0.05) is 12.1 Å². The molecule has 0 saturated heterocycles. The van der Waals surface area contributed by atoms with Gasteiger partial charge in [0.15, 0.2) is 5.69 Å². The summed E-state index contributed by atoms with van der Waals surface area (Å²) in [6.45, 7) is 6.51. The maximum absolute atomic E-state index is 12.9. The van der Waals surface area contributed by atoms with Crippen molar-refractivity contribution in [3.63, 3.8) is 0 Å². The summed E-state index contributed by atoms with van der Waals surface area (Å²) < 4.78 is 11.1. The highest BCUT2D eigenvalue weighted by atomic mass is 16.5. The zero-order chi connectivity index (χ0) is 18.1. The van der Waals surface area contributed by atoms with E-state index in [2.05, 4.69) is 10.2 Å². The lowest BCUT2D eigenvalue weighted by Gasteiger charge is -2.25. The topological polar surface area (TPSA) is 67.5 Å². The predicted molar refractivity (Wildman–Crippen MR) is 94.8 cm³/mol. The van der Waals surface area contributed by atoms with E-state index in [9.17, 15) is 4.79 Å². The lowest BCUT2D eigenvalue weighted by Crippen LogP contribution is -2.29. The maximum Gasteiger partial charge on any atom is 0.274 e. The summed E-state index contributed by atoms with van der Waals surface area (Å²) in [7, 11) is 3.46. The fourth-order valence-corrected chi connectivity index (χ4v) is 3.42. The van der Waals surface area contributed by atoms with Crippen LogP contribution in [0.2, 0.25) is 0 Å². The molecule has 1 aromatic heterocycles. The molecule has 0 spiro atoms. The number of aromatic amines is 1. The molecule has 1 amide bonds. The van der Waals surface area contributed by atoms with Crippen LogP contribution in [-0.4, -0.2) is 41.3 Å². The molecule has 0 aliphatic carbocycles. The van der Waals surface area contributed by atoms with Gasteiger partial charge in [0.2, 0.25) is 0 Å². The second kappa shape index (κ2) is 6.88. The Morgan fingerprint density at radius 1 is 1.44 bits per heavy atom. The minimum absolute atomic E-state index is 0.0673. The number of fused-ring (bicyclic) bond motifs is 1. The number of H-pyrrole nitrogens is 1. The van der Waals surface area contributed by atoms with Crippen molar-refractivity contribution in [1.82, 2.24) is 15.1 Å². The molecule has 1 aliphatic heterocycles. The smallest absolute Gasteiger partial charge is 0.274 e. The first-order chi connectivity index (χ1) is 11.9. The number of amides is 1. The highest BCUT2D eigenvalue weighted by Crippen LogP contribution is 2.30. The van der Waals surface area contributed by atoms with Crippen LogP contribution in [0.1, 0.15) is 52.8 Å². The highest BCUT2D eigenvalue weighted by Gasteiger charge is 2.30. The summed E-state index contributed by atoms with van der Waals surface area (Å²) in [5, 5.41) is 7.26. The number of rotatable bonds is 4. The van der Waals surface area contributed by atoms with Gasteiger partial charge in [0.05, 0.1) is 25.0 Å². The van der Waals surface area contributed by atoms with E-state index in [4.69, 9.17) is 9.47 Å². The van der Waals surface area contributed by atoms with Crippen molar-refractivity contribution < 1.29 is 14.3 Å². The van der Waals surface area contributed by atoms with E-state index in [1.165, 1.54) is 0 Å². The summed E-state index contributed by atoms with van der Waals surface area (Å²) in [5.41, 5.74) is 4.51. The molecule has 6 nitrogen and oxygen atoms in total. The molecule has 3 rings (SSSR count). The minimum Gasteiger partial charge on any atom is -0.496 e. The number of hydrogen-bond donors (Lipinski definition) is 1. The molecule has 0 saturated carbocycles. The zero-order valence-corrected chi connectivity index (χ0v) is 15.4. The number of hydrogen-bond acceptors (Lipinski definition) is 4. The maximum atomic E-state index is 12.9. The summed E-state index contributed by atoms with van der Waals surface area (Å²) in [6.07, 6.45) is 0.718. The number of methoxy groups -OCH3 is 1. The van der Waals surface area contributed by atoms with Crippen LogP contribution in [0.5, 0.6) is 5.75 Å². The molecule has 134 valence electrons. The zero-order valence-electron chi connectivity index (χ0n) is 15.4. The molecule has 6 heteroatoms. The molecule has 0 radical (unpaired) electrons. The van der Waals surface area contributed by atoms with Crippen LogP contribution < -0.4 is 4.74 Å². The van der Waals surface area contributed by atoms with Gasteiger partial charge in [-0.25, -0.2) is 0 Å². The van der Waals surface area contributed by atoms with Crippen molar-refractivity contribution >= 4 is 5.91 Å². The molecule has 1 aromatic carbocycles. The third-order valence-electron chi connectivity index (χ3n) is 4.66. The summed E-state index contributed by atoms with van der Waals surface area (Å²) in [4.78, 5) is 14.6. The van der Waals surface area contributed by atoms with Gasteiger partial charge in [0.25, 0.3) is 5.91 Å². The van der Waals surface area contributed by atoms with Gasteiger partial charge in [-0.2, -0.15) is 5.10 Å². The van der Waals surface area contributed by atoms with Crippen molar-refractivity contribution in [2.75, 3.05) is 14.2 Å².